The zero-order valence-electron chi connectivity index (χ0n) is 32.5. The fraction of sp³-hybridized carbons (Fsp3) is 0. The highest BCUT2D eigenvalue weighted by Crippen LogP contribution is 2.38. The molecule has 9 aromatic carbocycles. The summed E-state index contributed by atoms with van der Waals surface area (Å²) in [5.41, 5.74) is 14.3. The van der Waals surface area contributed by atoms with Gasteiger partial charge in [-0.1, -0.05) is 140 Å². The van der Waals surface area contributed by atoms with Gasteiger partial charge in [-0.2, -0.15) is 0 Å². The second-order valence-corrected chi connectivity index (χ2v) is 15.4. The molecule has 0 unspecified atom stereocenters. The Hall–Kier alpha value is -8.15. The van der Waals surface area contributed by atoms with Gasteiger partial charge in [0.15, 0.2) is 0 Å². The third kappa shape index (κ3) is 5.23. The lowest BCUT2D eigenvalue weighted by atomic mass is 10.0. The minimum Gasteiger partial charge on any atom is -0.309 e. The first-order chi connectivity index (χ1) is 29.7. The summed E-state index contributed by atoms with van der Waals surface area (Å²) in [6.45, 7) is 0. The average Bonchev–Trinajstić information content (AvgIpc) is 3.94. The Morgan fingerprint density at radius 3 is 1.12 bits per heavy atom. The zero-order valence-corrected chi connectivity index (χ0v) is 32.5. The van der Waals surface area contributed by atoms with Gasteiger partial charge in [0.05, 0.1) is 44.5 Å². The van der Waals surface area contributed by atoms with Crippen molar-refractivity contribution in [3.8, 4) is 45.0 Å². The molecule has 3 aromatic heterocycles. The molecular weight excluding hydrogens is 733 g/mol. The normalized spacial score (nSPS) is 11.7. The summed E-state index contributed by atoms with van der Waals surface area (Å²) >= 11 is 0. The number of fused-ring (bicyclic) bond motifs is 7. The van der Waals surface area contributed by atoms with Crippen LogP contribution in [-0.2, 0) is 0 Å². The van der Waals surface area contributed by atoms with E-state index in [0.29, 0.717) is 0 Å². The van der Waals surface area contributed by atoms with Crippen molar-refractivity contribution in [1.29, 1.82) is 0 Å². The van der Waals surface area contributed by atoms with Crippen LogP contribution in [-0.4, -0.2) is 18.3 Å². The lowest BCUT2D eigenvalue weighted by Crippen LogP contribution is -2.22. The molecule has 0 radical (unpaired) electrons. The number of hydrogen-bond donors (Lipinski definition) is 0. The maximum Gasteiger partial charge on any atom is 0.338 e. The summed E-state index contributed by atoms with van der Waals surface area (Å²) in [5.74, 6) is 0. The van der Waals surface area contributed by atoms with E-state index in [0.717, 1.165) is 78.1 Å². The van der Waals surface area contributed by atoms with E-state index in [2.05, 4.69) is 173 Å². The van der Waals surface area contributed by atoms with Gasteiger partial charge in [0.1, 0.15) is 0 Å². The van der Waals surface area contributed by atoms with Crippen LogP contribution in [0.2, 0.25) is 0 Å². The Bertz CT molecular complexity index is 3440. The molecule has 0 saturated heterocycles. The molecule has 0 atom stereocenters. The molecule has 5 heteroatoms. The number of benzene rings is 9. The summed E-state index contributed by atoms with van der Waals surface area (Å²) in [4.78, 5) is 14.6. The van der Waals surface area contributed by atoms with E-state index >= 15 is 0 Å². The van der Waals surface area contributed by atoms with E-state index in [1.165, 1.54) is 21.5 Å². The van der Waals surface area contributed by atoms with Crippen LogP contribution in [0.1, 0.15) is 0 Å². The van der Waals surface area contributed by atoms with Crippen LogP contribution < -0.4 is 5.69 Å². The first kappa shape index (κ1) is 33.9. The molecule has 0 N–H and O–H groups in total. The van der Waals surface area contributed by atoms with Gasteiger partial charge < -0.3 is 9.13 Å². The van der Waals surface area contributed by atoms with E-state index < -0.39 is 0 Å². The number of para-hydroxylation sites is 6. The van der Waals surface area contributed by atoms with Crippen molar-refractivity contribution in [3.05, 3.63) is 229 Å². The SMILES string of the molecule is O=c1n(-c2ccc(-c3cc(-n4c5ccccc5c5ccccc54)cc(-n4c5ccccc5c5ccccc54)c3)cc2)c2ccccc2n1-c1cccc(-c2ccccc2)c1. The number of hydrogen-bond acceptors (Lipinski definition) is 1. The standard InChI is InChI=1S/C55H36N4O/c60-55-58(53-27-12-13-28-54(53)59(55)42-18-14-17-39(33-42)37-15-2-1-3-16-37)41-31-29-38(30-32-41)40-34-43(56-49-23-8-4-19-45(49)46-20-5-9-24-50(46)56)36-44(35-40)57-51-25-10-6-21-47(51)48-22-7-11-26-52(48)57/h1-36H. The Morgan fingerprint density at radius 1 is 0.233 bits per heavy atom. The van der Waals surface area contributed by atoms with Crippen molar-refractivity contribution in [2.24, 2.45) is 0 Å². The Labute approximate surface area is 345 Å². The van der Waals surface area contributed by atoms with Gasteiger partial charge in [-0.05, 0) is 101 Å². The van der Waals surface area contributed by atoms with Crippen LogP contribution in [0, 0.1) is 0 Å². The molecule has 0 saturated carbocycles. The van der Waals surface area contributed by atoms with Crippen LogP contribution in [0.4, 0.5) is 0 Å². The van der Waals surface area contributed by atoms with Crippen molar-refractivity contribution < 1.29 is 0 Å². The van der Waals surface area contributed by atoms with Crippen molar-refractivity contribution >= 4 is 54.6 Å². The van der Waals surface area contributed by atoms with Crippen molar-refractivity contribution in [1.82, 2.24) is 18.3 Å². The summed E-state index contributed by atoms with van der Waals surface area (Å²) in [6, 6.07) is 76.5. The quantitative estimate of drug-likeness (QED) is 0.166. The second-order valence-electron chi connectivity index (χ2n) is 15.4. The van der Waals surface area contributed by atoms with Gasteiger partial charge in [-0.3, -0.25) is 9.13 Å². The van der Waals surface area contributed by atoms with Crippen LogP contribution in [0.5, 0.6) is 0 Å². The summed E-state index contributed by atoms with van der Waals surface area (Å²) < 4.78 is 8.43. The van der Waals surface area contributed by atoms with E-state index in [1.807, 2.05) is 63.7 Å². The van der Waals surface area contributed by atoms with E-state index in [1.54, 1.807) is 0 Å². The number of aromatic nitrogens is 4. The first-order valence-corrected chi connectivity index (χ1v) is 20.3. The maximum atomic E-state index is 14.6. The number of rotatable bonds is 6. The van der Waals surface area contributed by atoms with E-state index in [9.17, 15) is 4.79 Å². The molecule has 12 aromatic rings. The molecule has 0 aliphatic rings. The van der Waals surface area contributed by atoms with E-state index in [4.69, 9.17) is 0 Å². The molecular formula is C55H36N4O. The van der Waals surface area contributed by atoms with Crippen molar-refractivity contribution in [2.75, 3.05) is 0 Å². The Kier molecular flexibility index (Phi) is 7.62. The van der Waals surface area contributed by atoms with Gasteiger partial charge in [0.2, 0.25) is 0 Å². The molecule has 0 amide bonds. The highest BCUT2D eigenvalue weighted by atomic mass is 16.1. The second kappa shape index (κ2) is 13.5. The number of nitrogens with zero attached hydrogens (tertiary/aromatic N) is 4. The fourth-order valence-corrected chi connectivity index (χ4v) is 9.33. The largest absolute Gasteiger partial charge is 0.338 e. The van der Waals surface area contributed by atoms with E-state index in [-0.39, 0.29) is 5.69 Å². The zero-order chi connectivity index (χ0) is 39.7. The molecule has 282 valence electrons. The molecule has 0 bridgehead atoms. The lowest BCUT2D eigenvalue weighted by molar-refractivity contribution is 0.931. The topological polar surface area (TPSA) is 36.8 Å². The molecule has 0 aliphatic heterocycles. The smallest absolute Gasteiger partial charge is 0.309 e. The summed E-state index contributed by atoms with van der Waals surface area (Å²) in [7, 11) is 0. The fourth-order valence-electron chi connectivity index (χ4n) is 9.33. The molecule has 0 aliphatic carbocycles. The highest BCUT2D eigenvalue weighted by molar-refractivity contribution is 6.10. The molecule has 3 heterocycles. The van der Waals surface area contributed by atoms with Crippen LogP contribution >= 0.6 is 0 Å². The van der Waals surface area contributed by atoms with Gasteiger partial charge in [-0.25, -0.2) is 4.79 Å². The first-order valence-electron chi connectivity index (χ1n) is 20.3. The van der Waals surface area contributed by atoms with Crippen molar-refractivity contribution in [2.45, 2.75) is 0 Å². The van der Waals surface area contributed by atoms with Gasteiger partial charge >= 0.3 is 5.69 Å². The lowest BCUT2D eigenvalue weighted by Gasteiger charge is -2.16. The van der Waals surface area contributed by atoms with Crippen molar-refractivity contribution in [3.63, 3.8) is 0 Å². The van der Waals surface area contributed by atoms with Gasteiger partial charge in [0.25, 0.3) is 0 Å². The van der Waals surface area contributed by atoms with Gasteiger partial charge in [-0.15, -0.1) is 0 Å². The molecule has 0 spiro atoms. The Morgan fingerprint density at radius 2 is 0.617 bits per heavy atom. The minimum absolute atomic E-state index is 0.115. The minimum atomic E-state index is -0.115. The van der Waals surface area contributed by atoms with Gasteiger partial charge in [0, 0.05) is 32.9 Å². The summed E-state index contributed by atoms with van der Waals surface area (Å²) in [5, 5.41) is 4.88. The predicted octanol–water partition coefficient (Wildman–Crippen LogP) is 13.3. The predicted molar refractivity (Wildman–Crippen MR) is 248 cm³/mol. The molecule has 0 fully saturated rings. The molecule has 5 nitrogen and oxygen atoms in total. The summed E-state index contributed by atoms with van der Waals surface area (Å²) in [6.07, 6.45) is 0. The number of imidazole rings is 1. The highest BCUT2D eigenvalue weighted by Gasteiger charge is 2.19. The van der Waals surface area contributed by atoms with Crippen LogP contribution in [0.25, 0.3) is 99.6 Å². The van der Waals surface area contributed by atoms with Crippen LogP contribution in [0.15, 0.2) is 223 Å². The van der Waals surface area contributed by atoms with Crippen LogP contribution in [0.3, 0.4) is 0 Å². The molecule has 60 heavy (non-hydrogen) atoms. The third-order valence-electron chi connectivity index (χ3n) is 12.0. The molecule has 12 rings (SSSR count). The Balaban J connectivity index is 1.04. The maximum absolute atomic E-state index is 14.6. The third-order valence-corrected chi connectivity index (χ3v) is 12.0. The average molecular weight is 769 g/mol. The monoisotopic (exact) mass is 768 g/mol.